The van der Waals surface area contributed by atoms with Crippen LogP contribution in [0.2, 0.25) is 0 Å². The molecule has 17 heavy (non-hydrogen) atoms. The molecule has 1 aromatic rings. The number of hydrogen-bond donors (Lipinski definition) is 1. The summed E-state index contributed by atoms with van der Waals surface area (Å²) in [6, 6.07) is 9.41. The summed E-state index contributed by atoms with van der Waals surface area (Å²) < 4.78 is 5.97. The van der Waals surface area contributed by atoms with Crippen molar-refractivity contribution in [3.63, 3.8) is 0 Å². The lowest BCUT2D eigenvalue weighted by Crippen LogP contribution is -2.36. The fraction of sp³-hybridized carbons (Fsp3) is 0.600. The molecule has 2 aliphatic rings. The molecule has 2 unspecified atom stereocenters. The SMILES string of the molecule is c1ccc2c(c1)CCOC2CC1CCCCN1. The Kier molecular flexibility index (Phi) is 3.44. The summed E-state index contributed by atoms with van der Waals surface area (Å²) in [5.74, 6) is 0. The first-order chi connectivity index (χ1) is 8.43. The predicted molar refractivity (Wildman–Crippen MR) is 69.1 cm³/mol. The maximum absolute atomic E-state index is 5.97. The van der Waals surface area contributed by atoms with Crippen LogP contribution in [0.25, 0.3) is 0 Å². The van der Waals surface area contributed by atoms with E-state index in [0.717, 1.165) is 19.4 Å². The Morgan fingerprint density at radius 3 is 3.06 bits per heavy atom. The largest absolute Gasteiger partial charge is 0.373 e. The Morgan fingerprint density at radius 1 is 1.24 bits per heavy atom. The lowest BCUT2D eigenvalue weighted by atomic mass is 9.91. The second-order valence-corrected chi connectivity index (χ2v) is 5.19. The molecule has 2 heterocycles. The van der Waals surface area contributed by atoms with Crippen molar-refractivity contribution in [2.75, 3.05) is 13.2 Å². The molecule has 0 bridgehead atoms. The smallest absolute Gasteiger partial charge is 0.0842 e. The van der Waals surface area contributed by atoms with Crippen LogP contribution in [0.15, 0.2) is 24.3 Å². The van der Waals surface area contributed by atoms with Crippen LogP contribution in [-0.2, 0) is 11.2 Å². The van der Waals surface area contributed by atoms with Gasteiger partial charge in [-0.2, -0.15) is 0 Å². The fourth-order valence-electron chi connectivity index (χ4n) is 3.06. The van der Waals surface area contributed by atoms with Gasteiger partial charge in [0.1, 0.15) is 0 Å². The molecule has 1 fully saturated rings. The highest BCUT2D eigenvalue weighted by Crippen LogP contribution is 2.31. The quantitative estimate of drug-likeness (QED) is 0.845. The Morgan fingerprint density at radius 2 is 2.18 bits per heavy atom. The Hall–Kier alpha value is -0.860. The van der Waals surface area contributed by atoms with Gasteiger partial charge in [0, 0.05) is 6.04 Å². The van der Waals surface area contributed by atoms with Gasteiger partial charge >= 0.3 is 0 Å². The highest BCUT2D eigenvalue weighted by atomic mass is 16.5. The van der Waals surface area contributed by atoms with E-state index < -0.39 is 0 Å². The van der Waals surface area contributed by atoms with Crippen LogP contribution in [0, 0.1) is 0 Å². The number of nitrogens with one attached hydrogen (secondary N) is 1. The number of hydrogen-bond acceptors (Lipinski definition) is 2. The number of ether oxygens (including phenoxy) is 1. The lowest BCUT2D eigenvalue weighted by Gasteiger charge is -2.31. The third-order valence-electron chi connectivity index (χ3n) is 4.00. The third-order valence-corrected chi connectivity index (χ3v) is 4.00. The first-order valence-electron chi connectivity index (χ1n) is 6.86. The summed E-state index contributed by atoms with van der Waals surface area (Å²) in [5, 5.41) is 3.62. The van der Waals surface area contributed by atoms with Gasteiger partial charge in [-0.25, -0.2) is 0 Å². The predicted octanol–water partition coefficient (Wildman–Crippen LogP) is 2.83. The van der Waals surface area contributed by atoms with Gasteiger partial charge in [-0.3, -0.25) is 0 Å². The van der Waals surface area contributed by atoms with Gasteiger partial charge in [0.25, 0.3) is 0 Å². The van der Waals surface area contributed by atoms with E-state index in [1.54, 1.807) is 0 Å². The lowest BCUT2D eigenvalue weighted by molar-refractivity contribution is 0.0274. The van der Waals surface area contributed by atoms with Crippen LogP contribution in [-0.4, -0.2) is 19.2 Å². The molecular weight excluding hydrogens is 210 g/mol. The minimum Gasteiger partial charge on any atom is -0.373 e. The molecule has 1 N–H and O–H groups in total. The molecule has 2 nitrogen and oxygen atoms in total. The van der Waals surface area contributed by atoms with Crippen LogP contribution < -0.4 is 5.32 Å². The van der Waals surface area contributed by atoms with E-state index in [0.29, 0.717) is 12.1 Å². The van der Waals surface area contributed by atoms with Crippen molar-refractivity contribution in [2.24, 2.45) is 0 Å². The molecule has 0 aliphatic carbocycles. The summed E-state index contributed by atoms with van der Waals surface area (Å²) in [4.78, 5) is 0. The second kappa shape index (κ2) is 5.19. The summed E-state index contributed by atoms with van der Waals surface area (Å²) in [6.07, 6.45) is 6.53. The minimum absolute atomic E-state index is 0.315. The monoisotopic (exact) mass is 231 g/mol. The Labute approximate surface area is 103 Å². The summed E-state index contributed by atoms with van der Waals surface area (Å²) in [5.41, 5.74) is 2.91. The first kappa shape index (κ1) is 11.2. The molecule has 92 valence electrons. The maximum Gasteiger partial charge on any atom is 0.0842 e. The third kappa shape index (κ3) is 2.53. The standard InChI is InChI=1S/C15H21NO/c1-2-7-14-12(5-1)8-10-17-15(14)11-13-6-3-4-9-16-13/h1-2,5,7,13,15-16H,3-4,6,8-11H2. The van der Waals surface area contributed by atoms with Crippen molar-refractivity contribution in [1.29, 1.82) is 0 Å². The van der Waals surface area contributed by atoms with E-state index in [2.05, 4.69) is 29.6 Å². The average molecular weight is 231 g/mol. The zero-order valence-corrected chi connectivity index (χ0v) is 10.3. The number of benzene rings is 1. The molecule has 2 atom stereocenters. The van der Waals surface area contributed by atoms with Crippen LogP contribution in [0.5, 0.6) is 0 Å². The van der Waals surface area contributed by atoms with Gasteiger partial charge in [-0.15, -0.1) is 0 Å². The molecule has 1 aromatic carbocycles. The van der Waals surface area contributed by atoms with Gasteiger partial charge in [-0.05, 0) is 43.4 Å². The molecular formula is C15H21NO. The fourth-order valence-corrected chi connectivity index (χ4v) is 3.06. The summed E-state index contributed by atoms with van der Waals surface area (Å²) >= 11 is 0. The maximum atomic E-state index is 5.97. The Bertz CT molecular complexity index is 371. The number of rotatable bonds is 2. The normalized spacial score (nSPS) is 28.7. The van der Waals surface area contributed by atoms with E-state index in [-0.39, 0.29) is 0 Å². The van der Waals surface area contributed by atoms with Crippen molar-refractivity contribution < 1.29 is 4.74 Å². The van der Waals surface area contributed by atoms with Crippen LogP contribution in [0.1, 0.15) is 42.9 Å². The molecule has 0 aromatic heterocycles. The van der Waals surface area contributed by atoms with Crippen LogP contribution in [0.3, 0.4) is 0 Å². The molecule has 0 amide bonds. The van der Waals surface area contributed by atoms with Gasteiger partial charge in [0.2, 0.25) is 0 Å². The van der Waals surface area contributed by atoms with Crippen molar-refractivity contribution >= 4 is 0 Å². The number of fused-ring (bicyclic) bond motifs is 1. The summed E-state index contributed by atoms with van der Waals surface area (Å²) in [7, 11) is 0. The number of piperidine rings is 1. The van der Waals surface area contributed by atoms with E-state index in [1.165, 1.54) is 36.9 Å². The highest BCUT2D eigenvalue weighted by Gasteiger charge is 2.24. The molecule has 3 rings (SSSR count). The van der Waals surface area contributed by atoms with Crippen LogP contribution in [0.4, 0.5) is 0 Å². The molecule has 0 radical (unpaired) electrons. The van der Waals surface area contributed by atoms with Crippen molar-refractivity contribution in [2.45, 2.75) is 44.2 Å². The summed E-state index contributed by atoms with van der Waals surface area (Å²) in [6.45, 7) is 2.06. The first-order valence-corrected chi connectivity index (χ1v) is 6.86. The highest BCUT2D eigenvalue weighted by molar-refractivity contribution is 5.31. The van der Waals surface area contributed by atoms with Gasteiger partial charge in [-0.1, -0.05) is 30.7 Å². The molecule has 0 saturated carbocycles. The molecule has 0 spiro atoms. The minimum atomic E-state index is 0.315. The zero-order chi connectivity index (χ0) is 11.5. The Balaban J connectivity index is 1.71. The van der Waals surface area contributed by atoms with Crippen molar-refractivity contribution in [3.8, 4) is 0 Å². The van der Waals surface area contributed by atoms with E-state index in [9.17, 15) is 0 Å². The average Bonchev–Trinajstić information content (AvgIpc) is 2.40. The van der Waals surface area contributed by atoms with E-state index >= 15 is 0 Å². The second-order valence-electron chi connectivity index (χ2n) is 5.19. The van der Waals surface area contributed by atoms with E-state index in [4.69, 9.17) is 4.74 Å². The van der Waals surface area contributed by atoms with Crippen LogP contribution >= 0.6 is 0 Å². The molecule has 2 aliphatic heterocycles. The van der Waals surface area contributed by atoms with Gasteiger partial charge in [0.05, 0.1) is 12.7 Å². The molecule has 2 heteroatoms. The topological polar surface area (TPSA) is 21.3 Å². The van der Waals surface area contributed by atoms with E-state index in [1.807, 2.05) is 0 Å². The van der Waals surface area contributed by atoms with Gasteiger partial charge < -0.3 is 10.1 Å². The van der Waals surface area contributed by atoms with Gasteiger partial charge in [0.15, 0.2) is 0 Å². The van der Waals surface area contributed by atoms with Crippen molar-refractivity contribution in [3.05, 3.63) is 35.4 Å². The molecule has 1 saturated heterocycles. The zero-order valence-electron chi connectivity index (χ0n) is 10.3. The van der Waals surface area contributed by atoms with Crippen molar-refractivity contribution in [1.82, 2.24) is 5.32 Å².